The molecule has 0 aliphatic rings. The standard InChI is InChI=1S/C9H7IO2/c10-12-9(11)7-6-8-4-2-1-3-5-8/h1-7H. The van der Waals surface area contributed by atoms with E-state index in [9.17, 15) is 4.79 Å². The predicted molar refractivity (Wildman–Crippen MR) is 55.6 cm³/mol. The van der Waals surface area contributed by atoms with Crippen LogP contribution in [0.1, 0.15) is 5.56 Å². The summed E-state index contributed by atoms with van der Waals surface area (Å²) in [5.41, 5.74) is 0.985. The van der Waals surface area contributed by atoms with Crippen LogP contribution in [0.25, 0.3) is 6.08 Å². The normalized spacial score (nSPS) is 10.1. The second-order valence-electron chi connectivity index (χ2n) is 2.14. The molecule has 0 aliphatic heterocycles. The first-order valence-corrected chi connectivity index (χ1v) is 4.26. The van der Waals surface area contributed by atoms with E-state index in [-0.39, 0.29) is 5.97 Å². The van der Waals surface area contributed by atoms with Crippen LogP contribution >= 0.6 is 23.0 Å². The fourth-order valence-corrected chi connectivity index (χ4v) is 0.901. The first-order valence-electron chi connectivity index (χ1n) is 3.38. The molecule has 0 spiro atoms. The predicted octanol–water partition coefficient (Wildman–Crippen LogP) is 2.59. The quantitative estimate of drug-likeness (QED) is 0.612. The second-order valence-corrected chi connectivity index (χ2v) is 2.58. The summed E-state index contributed by atoms with van der Waals surface area (Å²) in [6.45, 7) is 0. The van der Waals surface area contributed by atoms with Gasteiger partial charge in [0.2, 0.25) is 0 Å². The summed E-state index contributed by atoms with van der Waals surface area (Å²) in [5, 5.41) is 0. The Hall–Kier alpha value is -0.840. The minimum absolute atomic E-state index is 0.348. The van der Waals surface area contributed by atoms with E-state index in [0.717, 1.165) is 5.56 Å². The van der Waals surface area contributed by atoms with Crippen LogP contribution in [0.2, 0.25) is 0 Å². The monoisotopic (exact) mass is 274 g/mol. The third kappa shape index (κ3) is 3.04. The average Bonchev–Trinajstić information content (AvgIpc) is 2.16. The molecule has 0 atom stereocenters. The van der Waals surface area contributed by atoms with Crippen LogP contribution in [-0.2, 0) is 7.86 Å². The van der Waals surface area contributed by atoms with Crippen LogP contribution in [0.3, 0.4) is 0 Å². The Labute approximate surface area is 84.9 Å². The number of benzene rings is 1. The molecular formula is C9H7IO2. The Morgan fingerprint density at radius 1 is 1.33 bits per heavy atom. The van der Waals surface area contributed by atoms with Crippen molar-refractivity contribution in [3.63, 3.8) is 0 Å². The summed E-state index contributed by atoms with van der Waals surface area (Å²) in [6, 6.07) is 9.58. The fraction of sp³-hybridized carbons (Fsp3) is 0. The second kappa shape index (κ2) is 4.92. The van der Waals surface area contributed by atoms with E-state index in [1.807, 2.05) is 30.3 Å². The van der Waals surface area contributed by atoms with Gasteiger partial charge in [0.1, 0.15) is 0 Å². The number of carbonyl (C=O) groups is 1. The van der Waals surface area contributed by atoms with Gasteiger partial charge < -0.3 is 3.07 Å². The van der Waals surface area contributed by atoms with Gasteiger partial charge in [-0.1, -0.05) is 30.3 Å². The van der Waals surface area contributed by atoms with Crippen LogP contribution < -0.4 is 0 Å². The van der Waals surface area contributed by atoms with Crippen LogP contribution in [0.15, 0.2) is 36.4 Å². The molecule has 0 unspecified atom stereocenters. The highest BCUT2D eigenvalue weighted by molar-refractivity contribution is 14.1. The van der Waals surface area contributed by atoms with Crippen molar-refractivity contribution in [1.82, 2.24) is 0 Å². The van der Waals surface area contributed by atoms with Gasteiger partial charge in [0.15, 0.2) is 23.0 Å². The molecule has 3 heteroatoms. The molecule has 0 radical (unpaired) electrons. The molecule has 0 saturated heterocycles. The van der Waals surface area contributed by atoms with Crippen molar-refractivity contribution in [2.75, 3.05) is 0 Å². The van der Waals surface area contributed by atoms with Crippen molar-refractivity contribution in [2.24, 2.45) is 0 Å². The highest BCUT2D eigenvalue weighted by Gasteiger charge is 1.91. The van der Waals surface area contributed by atoms with Gasteiger partial charge in [-0.15, -0.1) is 0 Å². The van der Waals surface area contributed by atoms with Crippen LogP contribution in [0, 0.1) is 0 Å². The van der Waals surface area contributed by atoms with Gasteiger partial charge in [0.25, 0.3) is 0 Å². The zero-order valence-electron chi connectivity index (χ0n) is 6.24. The molecule has 0 fully saturated rings. The number of hydrogen-bond donors (Lipinski definition) is 0. The summed E-state index contributed by atoms with van der Waals surface area (Å²) in [4.78, 5) is 10.7. The summed E-state index contributed by atoms with van der Waals surface area (Å²) < 4.78 is 4.42. The summed E-state index contributed by atoms with van der Waals surface area (Å²) in [6.07, 6.45) is 3.10. The minimum Gasteiger partial charge on any atom is -0.391 e. The Balaban J connectivity index is 2.64. The van der Waals surface area contributed by atoms with Gasteiger partial charge in [-0.05, 0) is 11.6 Å². The van der Waals surface area contributed by atoms with Crippen molar-refractivity contribution < 1.29 is 7.86 Å². The molecule has 0 bridgehead atoms. The molecule has 0 aromatic heterocycles. The molecule has 1 aromatic rings. The maximum atomic E-state index is 10.7. The molecule has 0 heterocycles. The summed E-state index contributed by atoms with van der Waals surface area (Å²) in [5.74, 6) is -0.348. The number of carbonyl (C=O) groups excluding carboxylic acids is 1. The Bertz CT molecular complexity index is 280. The average molecular weight is 274 g/mol. The largest absolute Gasteiger partial charge is 0.391 e. The van der Waals surface area contributed by atoms with Gasteiger partial charge >= 0.3 is 5.97 Å². The summed E-state index contributed by atoms with van der Waals surface area (Å²) >= 11 is 1.56. The third-order valence-corrected chi connectivity index (χ3v) is 1.72. The van der Waals surface area contributed by atoms with Crippen LogP contribution in [-0.4, -0.2) is 5.97 Å². The van der Waals surface area contributed by atoms with E-state index >= 15 is 0 Å². The zero-order chi connectivity index (χ0) is 8.81. The van der Waals surface area contributed by atoms with Crippen LogP contribution in [0.5, 0.6) is 0 Å². The van der Waals surface area contributed by atoms with E-state index in [1.54, 1.807) is 29.1 Å². The fourth-order valence-electron chi connectivity index (χ4n) is 0.754. The Morgan fingerprint density at radius 3 is 2.58 bits per heavy atom. The van der Waals surface area contributed by atoms with E-state index < -0.39 is 0 Å². The van der Waals surface area contributed by atoms with Crippen molar-refractivity contribution in [3.8, 4) is 0 Å². The lowest BCUT2D eigenvalue weighted by atomic mass is 10.2. The third-order valence-electron chi connectivity index (χ3n) is 1.29. The molecule has 12 heavy (non-hydrogen) atoms. The molecule has 62 valence electrons. The Morgan fingerprint density at radius 2 is 2.00 bits per heavy atom. The van der Waals surface area contributed by atoms with Crippen molar-refractivity contribution in [1.29, 1.82) is 0 Å². The maximum absolute atomic E-state index is 10.7. The number of hydrogen-bond acceptors (Lipinski definition) is 2. The number of rotatable bonds is 2. The van der Waals surface area contributed by atoms with E-state index in [4.69, 9.17) is 0 Å². The first-order chi connectivity index (χ1) is 5.83. The topological polar surface area (TPSA) is 26.3 Å². The lowest BCUT2D eigenvalue weighted by Crippen LogP contribution is -1.87. The number of halogens is 1. The molecule has 2 nitrogen and oxygen atoms in total. The smallest absolute Gasteiger partial charge is 0.340 e. The maximum Gasteiger partial charge on any atom is 0.340 e. The highest BCUT2D eigenvalue weighted by Crippen LogP contribution is 2.01. The first kappa shape index (κ1) is 9.25. The van der Waals surface area contributed by atoms with Crippen molar-refractivity contribution >= 4 is 35.1 Å². The molecular weight excluding hydrogens is 267 g/mol. The van der Waals surface area contributed by atoms with Gasteiger partial charge in [-0.2, -0.15) is 0 Å². The molecule has 0 saturated carbocycles. The van der Waals surface area contributed by atoms with Crippen molar-refractivity contribution in [3.05, 3.63) is 42.0 Å². The lowest BCUT2D eigenvalue weighted by Gasteiger charge is -1.89. The zero-order valence-corrected chi connectivity index (χ0v) is 8.39. The van der Waals surface area contributed by atoms with Gasteiger partial charge in [0.05, 0.1) is 0 Å². The highest BCUT2D eigenvalue weighted by atomic mass is 127. The molecule has 0 aliphatic carbocycles. The van der Waals surface area contributed by atoms with Gasteiger partial charge in [-0.25, -0.2) is 4.79 Å². The van der Waals surface area contributed by atoms with Gasteiger partial charge in [-0.3, -0.25) is 0 Å². The van der Waals surface area contributed by atoms with Crippen LogP contribution in [0.4, 0.5) is 0 Å². The van der Waals surface area contributed by atoms with E-state index in [2.05, 4.69) is 3.07 Å². The molecule has 1 rings (SSSR count). The molecule has 0 N–H and O–H groups in total. The minimum atomic E-state index is -0.348. The van der Waals surface area contributed by atoms with Gasteiger partial charge in [0, 0.05) is 6.08 Å². The summed E-state index contributed by atoms with van der Waals surface area (Å²) in [7, 11) is 0. The van der Waals surface area contributed by atoms with E-state index in [0.29, 0.717) is 0 Å². The Kier molecular flexibility index (Phi) is 3.79. The SMILES string of the molecule is O=C(C=Cc1ccccc1)OI. The lowest BCUT2D eigenvalue weighted by molar-refractivity contribution is -0.126. The van der Waals surface area contributed by atoms with E-state index in [1.165, 1.54) is 6.08 Å². The molecule has 0 amide bonds. The molecule has 1 aromatic carbocycles. The van der Waals surface area contributed by atoms with Crippen molar-refractivity contribution in [2.45, 2.75) is 0 Å².